The van der Waals surface area contributed by atoms with Gasteiger partial charge in [-0.05, 0) is 12.5 Å². The summed E-state index contributed by atoms with van der Waals surface area (Å²) in [6.45, 7) is 2.46. The van der Waals surface area contributed by atoms with Crippen LogP contribution in [0.1, 0.15) is 13.3 Å². The Morgan fingerprint density at radius 1 is 1.54 bits per heavy atom. The van der Waals surface area contributed by atoms with Gasteiger partial charge >= 0.3 is 0 Å². The third-order valence-electron chi connectivity index (χ3n) is 1.52. The lowest BCUT2D eigenvalue weighted by Gasteiger charge is -2.08. The van der Waals surface area contributed by atoms with Crippen molar-refractivity contribution in [1.82, 2.24) is 0 Å². The lowest BCUT2D eigenvalue weighted by Crippen LogP contribution is -2.00. The van der Waals surface area contributed by atoms with Gasteiger partial charge in [0.05, 0.1) is 17.3 Å². The van der Waals surface area contributed by atoms with Gasteiger partial charge in [0.25, 0.3) is 0 Å². The van der Waals surface area contributed by atoms with Gasteiger partial charge in [0.1, 0.15) is 11.6 Å². The van der Waals surface area contributed by atoms with Crippen molar-refractivity contribution in [3.05, 3.63) is 23.0 Å². The largest absolute Gasteiger partial charge is 0.491 e. The molecule has 1 aromatic carbocycles. The van der Waals surface area contributed by atoms with E-state index in [0.29, 0.717) is 12.4 Å². The molecule has 0 fully saturated rings. The van der Waals surface area contributed by atoms with Crippen molar-refractivity contribution in [2.75, 3.05) is 12.3 Å². The van der Waals surface area contributed by atoms with Crippen LogP contribution in [0.3, 0.4) is 0 Å². The van der Waals surface area contributed by atoms with Crippen molar-refractivity contribution in [3.8, 4) is 5.75 Å². The summed E-state index contributed by atoms with van der Waals surface area (Å²) in [6, 6.07) is 2.40. The van der Waals surface area contributed by atoms with Gasteiger partial charge in [0.2, 0.25) is 0 Å². The molecular formula is C9H11ClFNO. The van der Waals surface area contributed by atoms with Gasteiger partial charge in [-0.25, -0.2) is 4.39 Å². The molecule has 4 heteroatoms. The Balaban J connectivity index is 2.92. The zero-order valence-corrected chi connectivity index (χ0v) is 8.07. The van der Waals surface area contributed by atoms with Crippen LogP contribution in [0.15, 0.2) is 12.1 Å². The van der Waals surface area contributed by atoms with Crippen LogP contribution < -0.4 is 10.5 Å². The van der Waals surface area contributed by atoms with Gasteiger partial charge in [0, 0.05) is 6.07 Å². The fraction of sp³-hybridized carbons (Fsp3) is 0.333. The number of rotatable bonds is 3. The van der Waals surface area contributed by atoms with Crippen LogP contribution >= 0.6 is 11.6 Å². The fourth-order valence-electron chi connectivity index (χ4n) is 0.893. The van der Waals surface area contributed by atoms with E-state index >= 15 is 0 Å². The van der Waals surface area contributed by atoms with Crippen molar-refractivity contribution in [3.63, 3.8) is 0 Å². The summed E-state index contributed by atoms with van der Waals surface area (Å²) in [7, 11) is 0. The minimum atomic E-state index is -0.440. The molecule has 0 atom stereocenters. The summed E-state index contributed by atoms with van der Waals surface area (Å²) in [5.41, 5.74) is 5.86. The van der Waals surface area contributed by atoms with Gasteiger partial charge in [-0.15, -0.1) is 0 Å². The minimum absolute atomic E-state index is 0.186. The van der Waals surface area contributed by atoms with Crippen LogP contribution in [-0.2, 0) is 0 Å². The first kappa shape index (κ1) is 10.1. The fourth-order valence-corrected chi connectivity index (χ4v) is 1.09. The van der Waals surface area contributed by atoms with E-state index in [9.17, 15) is 4.39 Å². The highest BCUT2D eigenvalue weighted by Crippen LogP contribution is 2.30. The molecule has 0 aliphatic carbocycles. The normalized spacial score (nSPS) is 10.1. The average Bonchev–Trinajstić information content (AvgIpc) is 2.09. The number of anilines is 1. The van der Waals surface area contributed by atoms with E-state index < -0.39 is 5.82 Å². The van der Waals surface area contributed by atoms with Crippen LogP contribution in [-0.4, -0.2) is 6.61 Å². The second-order valence-corrected chi connectivity index (χ2v) is 3.06. The monoisotopic (exact) mass is 203 g/mol. The van der Waals surface area contributed by atoms with Crippen molar-refractivity contribution in [1.29, 1.82) is 0 Å². The second kappa shape index (κ2) is 4.33. The quantitative estimate of drug-likeness (QED) is 0.767. The summed E-state index contributed by atoms with van der Waals surface area (Å²) in [4.78, 5) is 0. The molecule has 0 saturated heterocycles. The summed E-state index contributed by atoms with van der Waals surface area (Å²) in [5.74, 6) is -0.128. The molecule has 0 heterocycles. The molecule has 0 aliphatic rings. The Morgan fingerprint density at radius 3 is 2.85 bits per heavy atom. The maximum absolute atomic E-state index is 12.8. The first-order chi connectivity index (χ1) is 6.15. The third-order valence-corrected chi connectivity index (χ3v) is 1.83. The first-order valence-electron chi connectivity index (χ1n) is 4.02. The zero-order chi connectivity index (χ0) is 9.84. The van der Waals surface area contributed by atoms with E-state index in [2.05, 4.69) is 0 Å². The number of halogens is 2. The maximum Gasteiger partial charge on any atom is 0.146 e. The molecule has 0 spiro atoms. The van der Waals surface area contributed by atoms with Gasteiger partial charge < -0.3 is 10.5 Å². The van der Waals surface area contributed by atoms with Gasteiger partial charge in [-0.1, -0.05) is 18.5 Å². The van der Waals surface area contributed by atoms with Gasteiger partial charge in [0.15, 0.2) is 0 Å². The Kier molecular flexibility index (Phi) is 3.37. The number of nitrogens with two attached hydrogens (primary N) is 1. The highest BCUT2D eigenvalue weighted by Gasteiger charge is 2.07. The summed E-state index contributed by atoms with van der Waals surface area (Å²) < 4.78 is 18.0. The van der Waals surface area contributed by atoms with E-state index in [1.54, 1.807) is 0 Å². The number of nitrogen functional groups attached to an aromatic ring is 1. The van der Waals surface area contributed by atoms with Gasteiger partial charge in [-0.3, -0.25) is 0 Å². The molecule has 2 nitrogen and oxygen atoms in total. The molecule has 72 valence electrons. The van der Waals surface area contributed by atoms with Crippen LogP contribution in [0.5, 0.6) is 5.75 Å². The zero-order valence-electron chi connectivity index (χ0n) is 7.31. The molecule has 0 amide bonds. The van der Waals surface area contributed by atoms with E-state index in [1.165, 1.54) is 6.07 Å². The molecule has 1 rings (SSSR count). The Morgan fingerprint density at radius 2 is 2.23 bits per heavy atom. The Bertz CT molecular complexity index is 304. The number of ether oxygens (including phenoxy) is 1. The predicted molar refractivity (Wildman–Crippen MR) is 51.6 cm³/mol. The highest BCUT2D eigenvalue weighted by atomic mass is 35.5. The average molecular weight is 204 g/mol. The smallest absolute Gasteiger partial charge is 0.146 e. The lowest BCUT2D eigenvalue weighted by atomic mass is 10.3. The van der Waals surface area contributed by atoms with Crippen LogP contribution in [0.2, 0.25) is 5.02 Å². The Labute approximate surface area is 81.4 Å². The minimum Gasteiger partial charge on any atom is -0.491 e. The summed E-state index contributed by atoms with van der Waals surface area (Å²) in [5, 5.41) is 0.186. The van der Waals surface area contributed by atoms with E-state index in [-0.39, 0.29) is 10.7 Å². The molecule has 2 N–H and O–H groups in total. The van der Waals surface area contributed by atoms with Crippen molar-refractivity contribution in [2.24, 2.45) is 0 Å². The molecule has 0 bridgehead atoms. The van der Waals surface area contributed by atoms with Crippen molar-refractivity contribution in [2.45, 2.75) is 13.3 Å². The molecule has 1 aromatic rings. The van der Waals surface area contributed by atoms with E-state index in [1.807, 2.05) is 6.92 Å². The summed E-state index contributed by atoms with van der Waals surface area (Å²) in [6.07, 6.45) is 0.841. The van der Waals surface area contributed by atoms with Crippen LogP contribution in [0.4, 0.5) is 10.1 Å². The lowest BCUT2D eigenvalue weighted by molar-refractivity contribution is 0.317. The standard InChI is InChI=1S/C9H11ClFNO/c1-2-3-13-8-5-6(11)4-7(10)9(8)12/h4-5H,2-3,12H2,1H3. The number of hydrogen-bond acceptors (Lipinski definition) is 2. The molecule has 0 aromatic heterocycles. The van der Waals surface area contributed by atoms with Crippen LogP contribution in [0, 0.1) is 5.82 Å². The molecule has 13 heavy (non-hydrogen) atoms. The molecule has 0 unspecified atom stereocenters. The van der Waals surface area contributed by atoms with Gasteiger partial charge in [-0.2, -0.15) is 0 Å². The maximum atomic E-state index is 12.8. The van der Waals surface area contributed by atoms with E-state index in [4.69, 9.17) is 22.1 Å². The van der Waals surface area contributed by atoms with E-state index in [0.717, 1.165) is 12.5 Å². The molecule has 0 radical (unpaired) electrons. The topological polar surface area (TPSA) is 35.2 Å². The van der Waals surface area contributed by atoms with Crippen molar-refractivity contribution >= 4 is 17.3 Å². The summed E-state index contributed by atoms with van der Waals surface area (Å²) >= 11 is 5.65. The van der Waals surface area contributed by atoms with Crippen LogP contribution in [0.25, 0.3) is 0 Å². The number of hydrogen-bond donors (Lipinski definition) is 1. The highest BCUT2D eigenvalue weighted by molar-refractivity contribution is 6.33. The SMILES string of the molecule is CCCOc1cc(F)cc(Cl)c1N. The van der Waals surface area contributed by atoms with Crippen molar-refractivity contribution < 1.29 is 9.13 Å². The third kappa shape index (κ3) is 2.49. The molecule has 0 saturated carbocycles. The Hall–Kier alpha value is -0.960. The number of benzene rings is 1. The second-order valence-electron chi connectivity index (χ2n) is 2.65. The molecular weight excluding hydrogens is 193 g/mol. The predicted octanol–water partition coefficient (Wildman–Crippen LogP) is 2.85. The molecule has 0 aliphatic heterocycles. The first-order valence-corrected chi connectivity index (χ1v) is 4.40.